The number of carbonyl (C=O) groups is 2. The summed E-state index contributed by atoms with van der Waals surface area (Å²) in [5, 5.41) is 2.97. The Hall–Kier alpha value is -1.88. The zero-order valence-corrected chi connectivity index (χ0v) is 16.5. The van der Waals surface area contributed by atoms with Gasteiger partial charge in [-0.15, -0.1) is 0 Å². The molecule has 0 bridgehead atoms. The van der Waals surface area contributed by atoms with E-state index in [4.69, 9.17) is 0 Å². The Morgan fingerprint density at radius 2 is 1.74 bits per heavy atom. The van der Waals surface area contributed by atoms with Crippen molar-refractivity contribution < 1.29 is 9.59 Å². The Morgan fingerprint density at radius 3 is 2.41 bits per heavy atom. The molecule has 2 fully saturated rings. The van der Waals surface area contributed by atoms with Crippen molar-refractivity contribution in [3.63, 3.8) is 0 Å². The Balaban J connectivity index is 1.33. The van der Waals surface area contributed by atoms with Crippen LogP contribution in [0.4, 0.5) is 0 Å². The molecule has 27 heavy (non-hydrogen) atoms. The quantitative estimate of drug-likeness (QED) is 0.802. The molecule has 1 saturated carbocycles. The van der Waals surface area contributed by atoms with Crippen LogP contribution in [-0.4, -0.2) is 54.3 Å². The number of nitrogens with one attached hydrogen (secondary N) is 1. The number of hydrogen-bond acceptors (Lipinski definition) is 3. The van der Waals surface area contributed by atoms with Gasteiger partial charge in [0.15, 0.2) is 0 Å². The van der Waals surface area contributed by atoms with Gasteiger partial charge in [-0.1, -0.05) is 50.1 Å². The molecule has 1 aromatic rings. The van der Waals surface area contributed by atoms with Gasteiger partial charge in [-0.25, -0.2) is 0 Å². The predicted octanol–water partition coefficient (Wildman–Crippen LogP) is 2.66. The van der Waals surface area contributed by atoms with Gasteiger partial charge in [0.25, 0.3) is 0 Å². The monoisotopic (exact) mass is 371 g/mol. The van der Waals surface area contributed by atoms with Gasteiger partial charge in [-0.3, -0.25) is 14.5 Å². The second-order valence-corrected chi connectivity index (χ2v) is 8.02. The minimum Gasteiger partial charge on any atom is -0.355 e. The first kappa shape index (κ1) is 19.9. The number of nitrogens with zero attached hydrogens (tertiary/aromatic N) is 2. The molecule has 0 aromatic heterocycles. The SMILES string of the molecule is CC(C(=O)NCCC(=O)N1CCN(Cc2ccccc2)CC1)C1CCCC1. The molecule has 148 valence electrons. The molecule has 1 heterocycles. The van der Waals surface area contributed by atoms with Crippen LogP contribution in [0.25, 0.3) is 0 Å². The van der Waals surface area contributed by atoms with E-state index in [1.54, 1.807) is 0 Å². The Labute approximate surface area is 163 Å². The first-order valence-corrected chi connectivity index (χ1v) is 10.5. The molecule has 1 unspecified atom stereocenters. The lowest BCUT2D eigenvalue weighted by Crippen LogP contribution is -2.48. The zero-order chi connectivity index (χ0) is 19.1. The summed E-state index contributed by atoms with van der Waals surface area (Å²) in [6, 6.07) is 10.5. The van der Waals surface area contributed by atoms with Crippen LogP contribution >= 0.6 is 0 Å². The van der Waals surface area contributed by atoms with Crippen molar-refractivity contribution in [2.45, 2.75) is 45.6 Å². The summed E-state index contributed by atoms with van der Waals surface area (Å²) < 4.78 is 0. The number of rotatable bonds is 7. The standard InChI is InChI=1S/C22H33N3O2/c1-18(20-9-5-6-10-20)22(27)23-12-11-21(26)25-15-13-24(14-16-25)17-19-7-3-2-4-8-19/h2-4,7-8,18,20H,5-6,9-17H2,1H3,(H,23,27). The summed E-state index contributed by atoms with van der Waals surface area (Å²) in [6.45, 7) is 6.80. The van der Waals surface area contributed by atoms with Crippen LogP contribution in [0.2, 0.25) is 0 Å². The molecular formula is C22H33N3O2. The van der Waals surface area contributed by atoms with E-state index in [1.165, 1.54) is 31.2 Å². The van der Waals surface area contributed by atoms with Crippen molar-refractivity contribution in [1.29, 1.82) is 0 Å². The third-order valence-electron chi connectivity index (χ3n) is 6.13. The van der Waals surface area contributed by atoms with Gasteiger partial charge in [-0.2, -0.15) is 0 Å². The molecule has 1 N–H and O–H groups in total. The molecule has 5 nitrogen and oxygen atoms in total. The van der Waals surface area contributed by atoms with Crippen LogP contribution < -0.4 is 5.32 Å². The molecule has 5 heteroatoms. The average molecular weight is 372 g/mol. The second-order valence-electron chi connectivity index (χ2n) is 8.02. The van der Waals surface area contributed by atoms with E-state index in [9.17, 15) is 9.59 Å². The number of carbonyl (C=O) groups excluding carboxylic acids is 2. The summed E-state index contributed by atoms with van der Waals surface area (Å²) in [5.41, 5.74) is 1.32. The van der Waals surface area contributed by atoms with E-state index in [0.29, 0.717) is 18.9 Å². The molecule has 0 radical (unpaired) electrons. The van der Waals surface area contributed by atoms with Gasteiger partial charge in [0.05, 0.1) is 0 Å². The van der Waals surface area contributed by atoms with Gasteiger partial charge in [0, 0.05) is 51.6 Å². The van der Waals surface area contributed by atoms with Crippen LogP contribution in [0.15, 0.2) is 30.3 Å². The summed E-state index contributed by atoms with van der Waals surface area (Å²) in [5.74, 6) is 0.869. The molecule has 0 spiro atoms. The van der Waals surface area contributed by atoms with E-state index in [2.05, 4.69) is 34.5 Å². The number of amides is 2. The highest BCUT2D eigenvalue weighted by molar-refractivity contribution is 5.80. The smallest absolute Gasteiger partial charge is 0.224 e. The van der Waals surface area contributed by atoms with Gasteiger partial charge >= 0.3 is 0 Å². The van der Waals surface area contributed by atoms with Crippen LogP contribution in [0.3, 0.4) is 0 Å². The van der Waals surface area contributed by atoms with Crippen LogP contribution in [0.5, 0.6) is 0 Å². The predicted molar refractivity (Wildman–Crippen MR) is 107 cm³/mol. The first-order valence-electron chi connectivity index (χ1n) is 10.5. The third kappa shape index (κ3) is 5.80. The molecule has 1 aliphatic heterocycles. The fraction of sp³-hybridized carbons (Fsp3) is 0.636. The topological polar surface area (TPSA) is 52.7 Å². The molecule has 2 aliphatic rings. The Morgan fingerprint density at radius 1 is 1.07 bits per heavy atom. The zero-order valence-electron chi connectivity index (χ0n) is 16.5. The number of piperazine rings is 1. The fourth-order valence-electron chi connectivity index (χ4n) is 4.28. The summed E-state index contributed by atoms with van der Waals surface area (Å²) in [7, 11) is 0. The van der Waals surface area contributed by atoms with Crippen molar-refractivity contribution in [2.75, 3.05) is 32.7 Å². The summed E-state index contributed by atoms with van der Waals surface area (Å²) >= 11 is 0. The Bertz CT molecular complexity index is 605. The molecule has 1 aliphatic carbocycles. The van der Waals surface area contributed by atoms with Crippen molar-refractivity contribution in [3.05, 3.63) is 35.9 Å². The van der Waals surface area contributed by atoms with Crippen molar-refractivity contribution in [3.8, 4) is 0 Å². The fourth-order valence-corrected chi connectivity index (χ4v) is 4.28. The van der Waals surface area contributed by atoms with Crippen LogP contribution in [0, 0.1) is 11.8 Å². The molecule has 2 amide bonds. The lowest BCUT2D eigenvalue weighted by atomic mass is 9.92. The van der Waals surface area contributed by atoms with E-state index in [-0.39, 0.29) is 17.7 Å². The number of hydrogen-bond donors (Lipinski definition) is 1. The molecular weight excluding hydrogens is 338 g/mol. The van der Waals surface area contributed by atoms with Crippen LogP contribution in [-0.2, 0) is 16.1 Å². The van der Waals surface area contributed by atoms with Gasteiger partial charge in [-0.05, 0) is 24.3 Å². The van der Waals surface area contributed by atoms with E-state index in [1.807, 2.05) is 17.9 Å². The van der Waals surface area contributed by atoms with Gasteiger partial charge < -0.3 is 10.2 Å². The first-order chi connectivity index (χ1) is 13.1. The lowest BCUT2D eigenvalue weighted by Gasteiger charge is -2.34. The normalized spacial score (nSPS) is 19.8. The highest BCUT2D eigenvalue weighted by Gasteiger charge is 2.27. The maximum absolute atomic E-state index is 12.4. The molecule has 1 saturated heterocycles. The van der Waals surface area contributed by atoms with Crippen LogP contribution in [0.1, 0.15) is 44.6 Å². The third-order valence-corrected chi connectivity index (χ3v) is 6.13. The minimum absolute atomic E-state index is 0.0733. The van der Waals surface area contributed by atoms with Crippen molar-refractivity contribution in [1.82, 2.24) is 15.1 Å². The highest BCUT2D eigenvalue weighted by atomic mass is 16.2. The van der Waals surface area contributed by atoms with Gasteiger partial charge in [0.2, 0.25) is 11.8 Å². The number of benzene rings is 1. The molecule has 3 rings (SSSR count). The highest BCUT2D eigenvalue weighted by Crippen LogP contribution is 2.31. The maximum atomic E-state index is 12.4. The van der Waals surface area contributed by atoms with Crippen molar-refractivity contribution in [2.24, 2.45) is 11.8 Å². The summed E-state index contributed by atoms with van der Waals surface area (Å²) in [6.07, 6.45) is 5.23. The van der Waals surface area contributed by atoms with Crippen molar-refractivity contribution >= 4 is 11.8 Å². The lowest BCUT2D eigenvalue weighted by molar-refractivity contribution is -0.133. The minimum atomic E-state index is 0.0733. The second kappa shape index (κ2) is 9.88. The Kier molecular flexibility index (Phi) is 7.27. The molecule has 1 aromatic carbocycles. The largest absolute Gasteiger partial charge is 0.355 e. The van der Waals surface area contributed by atoms with Gasteiger partial charge in [0.1, 0.15) is 0 Å². The van der Waals surface area contributed by atoms with E-state index in [0.717, 1.165) is 32.7 Å². The summed E-state index contributed by atoms with van der Waals surface area (Å²) in [4.78, 5) is 29.0. The maximum Gasteiger partial charge on any atom is 0.224 e. The molecule has 1 atom stereocenters. The van der Waals surface area contributed by atoms with E-state index >= 15 is 0 Å². The average Bonchev–Trinajstić information content (AvgIpc) is 3.23. The van der Waals surface area contributed by atoms with E-state index < -0.39 is 0 Å².